The number of nitrogens with one attached hydrogen (secondary N) is 1. The van der Waals surface area contributed by atoms with Gasteiger partial charge in [-0.2, -0.15) is 0 Å². The maximum atomic E-state index is 12.7. The van der Waals surface area contributed by atoms with Gasteiger partial charge in [0.25, 0.3) is 11.6 Å². The predicted molar refractivity (Wildman–Crippen MR) is 114 cm³/mol. The number of thioether (sulfide) groups is 1. The summed E-state index contributed by atoms with van der Waals surface area (Å²) in [6.45, 7) is 2.41. The fraction of sp³-hybridized carbons (Fsp3) is 0.381. The van der Waals surface area contributed by atoms with Gasteiger partial charge in [-0.3, -0.25) is 19.8 Å². The van der Waals surface area contributed by atoms with E-state index in [1.807, 2.05) is 24.3 Å². The van der Waals surface area contributed by atoms with Gasteiger partial charge in [-0.1, -0.05) is 12.1 Å². The van der Waals surface area contributed by atoms with Gasteiger partial charge in [-0.05, 0) is 62.0 Å². The average Bonchev–Trinajstić information content (AvgIpc) is 3.28. The zero-order valence-corrected chi connectivity index (χ0v) is 17.4. The van der Waals surface area contributed by atoms with Crippen LogP contribution in [0, 0.1) is 10.1 Å². The Bertz CT molecular complexity index is 867. The number of methoxy groups -OCH3 is 1. The van der Waals surface area contributed by atoms with Crippen molar-refractivity contribution >= 4 is 23.4 Å². The van der Waals surface area contributed by atoms with Crippen LogP contribution in [0.2, 0.25) is 0 Å². The van der Waals surface area contributed by atoms with Crippen molar-refractivity contribution in [2.24, 2.45) is 0 Å². The minimum Gasteiger partial charge on any atom is -0.497 e. The van der Waals surface area contributed by atoms with Gasteiger partial charge in [0.15, 0.2) is 0 Å². The number of ether oxygens (including phenoxy) is 1. The largest absolute Gasteiger partial charge is 0.497 e. The van der Waals surface area contributed by atoms with Crippen LogP contribution in [0.15, 0.2) is 47.4 Å². The first-order chi connectivity index (χ1) is 14.0. The lowest BCUT2D eigenvalue weighted by atomic mass is 10.0. The van der Waals surface area contributed by atoms with Crippen LogP contribution < -0.4 is 10.1 Å². The van der Waals surface area contributed by atoms with Gasteiger partial charge < -0.3 is 10.1 Å². The van der Waals surface area contributed by atoms with Gasteiger partial charge in [0.2, 0.25) is 0 Å². The number of likely N-dealkylation sites (tertiary alicyclic amines) is 1. The fourth-order valence-corrected chi connectivity index (χ4v) is 4.15. The molecule has 7 nitrogen and oxygen atoms in total. The third-order valence-corrected chi connectivity index (χ3v) is 5.96. The number of amides is 1. The second-order valence-electron chi connectivity index (χ2n) is 6.89. The van der Waals surface area contributed by atoms with Crippen LogP contribution in [0.25, 0.3) is 0 Å². The molecule has 1 fully saturated rings. The van der Waals surface area contributed by atoms with Gasteiger partial charge >= 0.3 is 0 Å². The first-order valence-electron chi connectivity index (χ1n) is 9.52. The van der Waals surface area contributed by atoms with Crippen LogP contribution in [0.3, 0.4) is 0 Å². The minimum absolute atomic E-state index is 0.0450. The third-order valence-electron chi connectivity index (χ3n) is 5.18. The van der Waals surface area contributed by atoms with Crippen molar-refractivity contribution in [1.82, 2.24) is 10.2 Å². The van der Waals surface area contributed by atoms with E-state index < -0.39 is 4.92 Å². The molecule has 2 aromatic carbocycles. The molecular weight excluding hydrogens is 390 g/mol. The Balaban J connectivity index is 1.75. The molecule has 2 aromatic rings. The summed E-state index contributed by atoms with van der Waals surface area (Å²) < 4.78 is 5.24. The highest BCUT2D eigenvalue weighted by Gasteiger charge is 2.25. The molecule has 1 atom stereocenters. The van der Waals surface area contributed by atoms with Gasteiger partial charge in [0.1, 0.15) is 5.75 Å². The first-order valence-corrected chi connectivity index (χ1v) is 10.7. The molecule has 0 radical (unpaired) electrons. The number of nitro groups is 1. The van der Waals surface area contributed by atoms with E-state index >= 15 is 0 Å². The van der Waals surface area contributed by atoms with E-state index in [0.29, 0.717) is 17.0 Å². The molecule has 1 heterocycles. The Labute approximate surface area is 174 Å². The van der Waals surface area contributed by atoms with Crippen molar-refractivity contribution < 1.29 is 14.5 Å². The highest BCUT2D eigenvalue weighted by atomic mass is 32.2. The van der Waals surface area contributed by atoms with Crippen molar-refractivity contribution in [3.05, 3.63) is 63.7 Å². The Morgan fingerprint density at radius 2 is 1.93 bits per heavy atom. The summed E-state index contributed by atoms with van der Waals surface area (Å²) in [5.74, 6) is 0.484. The quantitative estimate of drug-likeness (QED) is 0.400. The van der Waals surface area contributed by atoms with Gasteiger partial charge in [0, 0.05) is 18.2 Å². The van der Waals surface area contributed by atoms with E-state index in [9.17, 15) is 14.9 Å². The molecule has 0 bridgehead atoms. The fourth-order valence-electron chi connectivity index (χ4n) is 3.60. The van der Waals surface area contributed by atoms with Crippen LogP contribution in [-0.2, 0) is 0 Å². The maximum Gasteiger partial charge on any atom is 0.283 e. The number of hydrogen-bond donors (Lipinski definition) is 1. The zero-order valence-electron chi connectivity index (χ0n) is 16.6. The van der Waals surface area contributed by atoms with E-state index in [4.69, 9.17) is 4.74 Å². The average molecular weight is 416 g/mol. The van der Waals surface area contributed by atoms with Crippen molar-refractivity contribution in [3.63, 3.8) is 0 Å². The monoisotopic (exact) mass is 415 g/mol. The first kappa shape index (κ1) is 21.1. The Kier molecular flexibility index (Phi) is 7.11. The van der Waals surface area contributed by atoms with Crippen LogP contribution >= 0.6 is 11.8 Å². The molecule has 1 saturated heterocycles. The van der Waals surface area contributed by atoms with Crippen LogP contribution in [0.5, 0.6) is 5.75 Å². The molecular formula is C21H25N3O4S. The number of rotatable bonds is 8. The Morgan fingerprint density at radius 1 is 1.24 bits per heavy atom. The lowest BCUT2D eigenvalue weighted by Gasteiger charge is -2.28. The lowest BCUT2D eigenvalue weighted by molar-refractivity contribution is -0.387. The van der Waals surface area contributed by atoms with Gasteiger partial charge in [0.05, 0.1) is 23.0 Å². The highest BCUT2D eigenvalue weighted by Crippen LogP contribution is 2.29. The summed E-state index contributed by atoms with van der Waals surface area (Å²) in [5.41, 5.74) is 1.36. The molecule has 0 spiro atoms. The molecule has 1 N–H and O–H groups in total. The van der Waals surface area contributed by atoms with E-state index in [1.54, 1.807) is 25.5 Å². The van der Waals surface area contributed by atoms with Gasteiger partial charge in [-0.25, -0.2) is 0 Å². The second-order valence-corrected chi connectivity index (χ2v) is 7.73. The molecule has 0 aliphatic carbocycles. The van der Waals surface area contributed by atoms with Gasteiger partial charge in [-0.15, -0.1) is 11.8 Å². The number of hydrogen-bond acceptors (Lipinski definition) is 6. The normalized spacial score (nSPS) is 15.1. The van der Waals surface area contributed by atoms with Crippen LogP contribution in [-0.4, -0.2) is 48.7 Å². The molecule has 8 heteroatoms. The van der Waals surface area contributed by atoms with Crippen LogP contribution in [0.1, 0.15) is 34.8 Å². The molecule has 1 unspecified atom stereocenters. The molecule has 0 aromatic heterocycles. The number of benzene rings is 2. The van der Waals surface area contributed by atoms with Crippen molar-refractivity contribution in [1.29, 1.82) is 0 Å². The summed E-state index contributed by atoms with van der Waals surface area (Å²) in [5, 5.41) is 14.2. The maximum absolute atomic E-state index is 12.7. The molecule has 0 saturated carbocycles. The summed E-state index contributed by atoms with van der Waals surface area (Å²) >= 11 is 1.29. The molecule has 1 amide bonds. The van der Waals surface area contributed by atoms with E-state index in [-0.39, 0.29) is 17.6 Å². The summed E-state index contributed by atoms with van der Waals surface area (Å²) in [7, 11) is 1.63. The molecule has 154 valence electrons. The third kappa shape index (κ3) is 5.07. The predicted octanol–water partition coefficient (Wildman–Crippen LogP) is 3.89. The smallest absolute Gasteiger partial charge is 0.283 e. The number of carbonyl (C=O) groups excluding carboxylic acids is 1. The molecule has 1 aliphatic heterocycles. The number of carbonyl (C=O) groups is 1. The van der Waals surface area contributed by atoms with Crippen molar-refractivity contribution in [2.45, 2.75) is 23.8 Å². The van der Waals surface area contributed by atoms with Crippen molar-refractivity contribution in [2.75, 3.05) is 33.0 Å². The summed E-state index contributed by atoms with van der Waals surface area (Å²) in [6, 6.07) is 12.5. The molecule has 1 aliphatic rings. The van der Waals surface area contributed by atoms with E-state index in [0.717, 1.165) is 37.2 Å². The van der Waals surface area contributed by atoms with E-state index in [1.165, 1.54) is 17.8 Å². The standard InChI is InChI=1S/C21H25N3O4S/c1-28-17-8-5-15(6-9-17)19(23-11-3-4-12-23)14-22-21(25)16-7-10-20(29-2)18(13-16)24(26)27/h5-10,13,19H,3-4,11-12,14H2,1-2H3,(H,22,25). The van der Waals surface area contributed by atoms with E-state index in [2.05, 4.69) is 10.2 Å². The molecule has 29 heavy (non-hydrogen) atoms. The zero-order chi connectivity index (χ0) is 20.8. The minimum atomic E-state index is -0.451. The second kappa shape index (κ2) is 9.76. The van der Waals surface area contributed by atoms with Crippen molar-refractivity contribution in [3.8, 4) is 5.75 Å². The Hall–Kier alpha value is -2.58. The Morgan fingerprint density at radius 3 is 2.52 bits per heavy atom. The number of nitrogens with zero attached hydrogens (tertiary/aromatic N) is 2. The highest BCUT2D eigenvalue weighted by molar-refractivity contribution is 7.98. The molecule has 3 rings (SSSR count). The topological polar surface area (TPSA) is 84.7 Å². The van der Waals surface area contributed by atoms with Crippen LogP contribution in [0.4, 0.5) is 5.69 Å². The summed E-state index contributed by atoms with van der Waals surface area (Å²) in [4.78, 5) is 26.4. The number of nitro benzene ring substituents is 1. The lowest BCUT2D eigenvalue weighted by Crippen LogP contribution is -2.36. The summed E-state index contributed by atoms with van der Waals surface area (Å²) in [6.07, 6.45) is 4.06. The SMILES string of the molecule is COc1ccc(C(CNC(=O)c2ccc(SC)c([N+](=O)[O-])c2)N2CCCC2)cc1.